The maximum atomic E-state index is 12.3. The molecule has 0 saturated heterocycles. The minimum atomic E-state index is -0.295. The van der Waals surface area contributed by atoms with E-state index in [0.717, 1.165) is 10.6 Å². The monoisotopic (exact) mass is 300 g/mol. The topological polar surface area (TPSA) is 59.3 Å². The molecule has 5 nitrogen and oxygen atoms in total. The van der Waals surface area contributed by atoms with Crippen molar-refractivity contribution in [3.05, 3.63) is 41.5 Å². The molecule has 6 heteroatoms. The standard InChI is InChI=1S/C15H16N4OS/c1-15(2,3)18-14(20)10-9-17-19-11(6-7-16-13(10)19)12-5-4-8-21-12/h4-9H,1-3H3,(H,18,20). The minimum Gasteiger partial charge on any atom is -0.347 e. The third-order valence-electron chi connectivity index (χ3n) is 2.91. The van der Waals surface area contributed by atoms with Gasteiger partial charge in [-0.1, -0.05) is 6.07 Å². The van der Waals surface area contributed by atoms with Gasteiger partial charge in [0.15, 0.2) is 5.65 Å². The van der Waals surface area contributed by atoms with Crippen molar-refractivity contribution in [2.24, 2.45) is 0 Å². The lowest BCUT2D eigenvalue weighted by Crippen LogP contribution is -2.40. The maximum Gasteiger partial charge on any atom is 0.257 e. The van der Waals surface area contributed by atoms with Gasteiger partial charge in [-0.15, -0.1) is 11.3 Å². The Hall–Kier alpha value is -2.21. The van der Waals surface area contributed by atoms with Gasteiger partial charge in [-0.3, -0.25) is 4.79 Å². The van der Waals surface area contributed by atoms with Crippen molar-refractivity contribution in [3.63, 3.8) is 0 Å². The van der Waals surface area contributed by atoms with Gasteiger partial charge >= 0.3 is 0 Å². The zero-order chi connectivity index (χ0) is 15.0. The van der Waals surface area contributed by atoms with Gasteiger partial charge < -0.3 is 5.32 Å². The molecule has 108 valence electrons. The number of nitrogens with zero attached hydrogens (tertiary/aromatic N) is 3. The second-order valence-electron chi connectivity index (χ2n) is 5.81. The molecule has 3 heterocycles. The first kappa shape index (κ1) is 13.8. The number of carbonyl (C=O) groups is 1. The van der Waals surface area contributed by atoms with Crippen LogP contribution in [0, 0.1) is 0 Å². The molecule has 0 aliphatic heterocycles. The molecule has 0 aliphatic rings. The van der Waals surface area contributed by atoms with E-state index in [1.807, 2.05) is 44.4 Å². The summed E-state index contributed by atoms with van der Waals surface area (Å²) in [5.41, 5.74) is 1.70. The van der Waals surface area contributed by atoms with Gasteiger partial charge in [0.1, 0.15) is 5.56 Å². The molecule has 0 aromatic carbocycles. The molecule has 0 atom stereocenters. The number of carbonyl (C=O) groups excluding carboxylic acids is 1. The van der Waals surface area contributed by atoms with Crippen molar-refractivity contribution >= 4 is 22.9 Å². The molecule has 1 amide bonds. The highest BCUT2D eigenvalue weighted by atomic mass is 32.1. The van der Waals surface area contributed by atoms with Gasteiger partial charge in [-0.05, 0) is 38.3 Å². The Kier molecular flexibility index (Phi) is 3.25. The number of aromatic nitrogens is 3. The van der Waals surface area contributed by atoms with E-state index in [4.69, 9.17) is 0 Å². The fourth-order valence-electron chi connectivity index (χ4n) is 2.07. The number of nitrogens with one attached hydrogen (secondary N) is 1. The van der Waals surface area contributed by atoms with E-state index in [-0.39, 0.29) is 11.4 Å². The number of hydrogen-bond donors (Lipinski definition) is 1. The van der Waals surface area contributed by atoms with Crippen LogP contribution in [0.25, 0.3) is 16.2 Å². The van der Waals surface area contributed by atoms with E-state index in [9.17, 15) is 4.79 Å². The Morgan fingerprint density at radius 3 is 2.81 bits per heavy atom. The van der Waals surface area contributed by atoms with E-state index in [2.05, 4.69) is 15.4 Å². The van der Waals surface area contributed by atoms with Gasteiger partial charge in [0.2, 0.25) is 0 Å². The lowest BCUT2D eigenvalue weighted by Gasteiger charge is -2.19. The van der Waals surface area contributed by atoms with Crippen molar-refractivity contribution in [1.29, 1.82) is 0 Å². The predicted molar refractivity (Wildman–Crippen MR) is 83.5 cm³/mol. The summed E-state index contributed by atoms with van der Waals surface area (Å²) in [4.78, 5) is 17.7. The first-order valence-corrected chi connectivity index (χ1v) is 7.53. The van der Waals surface area contributed by atoms with Crippen LogP contribution in [0.1, 0.15) is 31.1 Å². The normalized spacial score (nSPS) is 11.8. The van der Waals surface area contributed by atoms with Crippen LogP contribution in [0.3, 0.4) is 0 Å². The first-order chi connectivity index (χ1) is 9.96. The lowest BCUT2D eigenvalue weighted by atomic mass is 10.1. The highest BCUT2D eigenvalue weighted by Gasteiger charge is 2.20. The second kappa shape index (κ2) is 4.96. The van der Waals surface area contributed by atoms with Crippen LogP contribution in [0.4, 0.5) is 0 Å². The predicted octanol–water partition coefficient (Wildman–Crippen LogP) is 2.99. The summed E-state index contributed by atoms with van der Waals surface area (Å²) in [5.74, 6) is -0.159. The van der Waals surface area contributed by atoms with E-state index in [1.54, 1.807) is 28.2 Å². The van der Waals surface area contributed by atoms with Crippen LogP contribution >= 0.6 is 11.3 Å². The van der Waals surface area contributed by atoms with Crippen molar-refractivity contribution in [1.82, 2.24) is 19.9 Å². The van der Waals surface area contributed by atoms with Crippen LogP contribution in [0.5, 0.6) is 0 Å². The average molecular weight is 300 g/mol. The number of thiophene rings is 1. The average Bonchev–Trinajstić information content (AvgIpc) is 3.05. The Bertz CT molecular complexity index is 784. The van der Waals surface area contributed by atoms with E-state index in [0.29, 0.717) is 11.2 Å². The van der Waals surface area contributed by atoms with Crippen LogP contribution in [0.2, 0.25) is 0 Å². The second-order valence-corrected chi connectivity index (χ2v) is 6.75. The number of hydrogen-bond acceptors (Lipinski definition) is 4. The van der Waals surface area contributed by atoms with Crippen molar-refractivity contribution < 1.29 is 4.79 Å². The molecule has 3 rings (SSSR count). The van der Waals surface area contributed by atoms with Crippen LogP contribution in [-0.4, -0.2) is 26.0 Å². The molecule has 0 bridgehead atoms. The van der Waals surface area contributed by atoms with Crippen molar-refractivity contribution in [2.45, 2.75) is 26.3 Å². The molecule has 0 radical (unpaired) electrons. The molecule has 0 fully saturated rings. The summed E-state index contributed by atoms with van der Waals surface area (Å²) in [5, 5.41) is 9.28. The third kappa shape index (κ3) is 2.67. The number of rotatable bonds is 2. The number of fused-ring (bicyclic) bond motifs is 1. The van der Waals surface area contributed by atoms with Crippen LogP contribution in [0.15, 0.2) is 36.0 Å². The zero-order valence-corrected chi connectivity index (χ0v) is 12.9. The Morgan fingerprint density at radius 1 is 1.33 bits per heavy atom. The molecule has 1 N–H and O–H groups in total. The Balaban J connectivity index is 2.08. The molecule has 0 spiro atoms. The highest BCUT2D eigenvalue weighted by Crippen LogP contribution is 2.25. The fraction of sp³-hybridized carbons (Fsp3) is 0.267. The largest absolute Gasteiger partial charge is 0.347 e. The summed E-state index contributed by atoms with van der Waals surface area (Å²) >= 11 is 1.63. The fourth-order valence-corrected chi connectivity index (χ4v) is 2.81. The summed E-state index contributed by atoms with van der Waals surface area (Å²) in [6.45, 7) is 5.84. The van der Waals surface area contributed by atoms with Gasteiger partial charge in [0.05, 0.1) is 16.8 Å². The van der Waals surface area contributed by atoms with Crippen LogP contribution < -0.4 is 5.32 Å². The van der Waals surface area contributed by atoms with E-state index >= 15 is 0 Å². The zero-order valence-electron chi connectivity index (χ0n) is 12.1. The molecule has 0 unspecified atom stereocenters. The molecule has 3 aromatic rings. The lowest BCUT2D eigenvalue weighted by molar-refractivity contribution is 0.0921. The van der Waals surface area contributed by atoms with Crippen molar-refractivity contribution in [3.8, 4) is 10.6 Å². The number of amides is 1. The van der Waals surface area contributed by atoms with Gasteiger partial charge in [-0.2, -0.15) is 5.10 Å². The summed E-state index contributed by atoms with van der Waals surface area (Å²) in [6, 6.07) is 5.91. The molecule has 21 heavy (non-hydrogen) atoms. The maximum absolute atomic E-state index is 12.3. The first-order valence-electron chi connectivity index (χ1n) is 6.65. The van der Waals surface area contributed by atoms with E-state index in [1.165, 1.54) is 0 Å². The Morgan fingerprint density at radius 2 is 2.14 bits per heavy atom. The third-order valence-corrected chi connectivity index (χ3v) is 3.80. The summed E-state index contributed by atoms with van der Waals surface area (Å²) in [7, 11) is 0. The molecule has 0 saturated carbocycles. The summed E-state index contributed by atoms with van der Waals surface area (Å²) in [6.07, 6.45) is 3.28. The van der Waals surface area contributed by atoms with E-state index < -0.39 is 0 Å². The van der Waals surface area contributed by atoms with Crippen LogP contribution in [-0.2, 0) is 0 Å². The quantitative estimate of drug-likeness (QED) is 0.791. The SMILES string of the molecule is CC(C)(C)NC(=O)c1cnn2c(-c3cccs3)ccnc12. The molecular weight excluding hydrogens is 284 g/mol. The molecule has 0 aliphatic carbocycles. The smallest absolute Gasteiger partial charge is 0.257 e. The Labute approximate surface area is 126 Å². The molecule has 3 aromatic heterocycles. The minimum absolute atomic E-state index is 0.159. The highest BCUT2D eigenvalue weighted by molar-refractivity contribution is 7.13. The molecular formula is C15H16N4OS. The van der Waals surface area contributed by atoms with Gasteiger partial charge in [0, 0.05) is 11.7 Å². The van der Waals surface area contributed by atoms with Gasteiger partial charge in [-0.25, -0.2) is 9.50 Å². The van der Waals surface area contributed by atoms with Crippen molar-refractivity contribution in [2.75, 3.05) is 0 Å². The summed E-state index contributed by atoms with van der Waals surface area (Å²) < 4.78 is 1.71. The van der Waals surface area contributed by atoms with Gasteiger partial charge in [0.25, 0.3) is 5.91 Å².